The Bertz CT molecular complexity index is 511. The van der Waals surface area contributed by atoms with E-state index in [0.717, 1.165) is 22.9 Å². The molecule has 2 aromatic rings. The third-order valence-electron chi connectivity index (χ3n) is 3.30. The van der Waals surface area contributed by atoms with Gasteiger partial charge in [0.1, 0.15) is 17.3 Å². The molecule has 5 nitrogen and oxygen atoms in total. The normalized spacial score (nSPS) is 11.4. The molecule has 2 aromatic heterocycles. The van der Waals surface area contributed by atoms with Crippen LogP contribution in [0, 0.1) is 13.8 Å². The molecular weight excluding hydrogens is 242 g/mol. The Morgan fingerprint density at radius 3 is 2.68 bits per heavy atom. The second-order valence-electron chi connectivity index (χ2n) is 4.84. The van der Waals surface area contributed by atoms with Crippen LogP contribution in [0.15, 0.2) is 22.9 Å². The monoisotopic (exact) mass is 263 g/mol. The highest BCUT2D eigenvalue weighted by atomic mass is 16.3. The molecule has 104 valence electrons. The van der Waals surface area contributed by atoms with Crippen LogP contribution in [0.2, 0.25) is 0 Å². The average Bonchev–Trinajstić information content (AvgIpc) is 2.87. The predicted octanol–water partition coefficient (Wildman–Crippen LogP) is 1.62. The first-order valence-electron chi connectivity index (χ1n) is 6.45. The molecule has 0 amide bonds. The van der Waals surface area contributed by atoms with E-state index in [9.17, 15) is 5.11 Å². The molecule has 1 N–H and O–H groups in total. The first kappa shape index (κ1) is 13.8. The largest absolute Gasteiger partial charge is 0.465 e. The summed E-state index contributed by atoms with van der Waals surface area (Å²) >= 11 is 0. The summed E-state index contributed by atoms with van der Waals surface area (Å²) in [5.41, 5.74) is 1.16. The van der Waals surface area contributed by atoms with Gasteiger partial charge in [0.15, 0.2) is 0 Å². The Labute approximate surface area is 113 Å². The van der Waals surface area contributed by atoms with Gasteiger partial charge in [-0.2, -0.15) is 0 Å². The summed E-state index contributed by atoms with van der Waals surface area (Å²) in [5.74, 6) is 2.86. The Kier molecular flexibility index (Phi) is 4.39. The van der Waals surface area contributed by atoms with E-state index >= 15 is 0 Å². The van der Waals surface area contributed by atoms with Gasteiger partial charge in [0.2, 0.25) is 0 Å². The molecule has 0 bridgehead atoms. The fourth-order valence-corrected chi connectivity index (χ4v) is 2.05. The first-order valence-corrected chi connectivity index (χ1v) is 6.45. The molecule has 0 saturated heterocycles. The SMILES string of the molecule is Cc1cc(CN(CCO)Cc2nccn2C)oc1C. The van der Waals surface area contributed by atoms with Gasteiger partial charge in [0.05, 0.1) is 19.7 Å². The number of furan rings is 1. The quantitative estimate of drug-likeness (QED) is 0.860. The summed E-state index contributed by atoms with van der Waals surface area (Å²) < 4.78 is 7.68. The molecule has 0 fully saturated rings. The van der Waals surface area contributed by atoms with E-state index in [-0.39, 0.29) is 6.61 Å². The number of rotatable bonds is 6. The summed E-state index contributed by atoms with van der Waals surface area (Å²) in [4.78, 5) is 6.44. The second kappa shape index (κ2) is 6.04. The minimum atomic E-state index is 0.128. The van der Waals surface area contributed by atoms with Gasteiger partial charge in [-0.1, -0.05) is 0 Å². The maximum Gasteiger partial charge on any atom is 0.122 e. The van der Waals surface area contributed by atoms with Gasteiger partial charge in [0, 0.05) is 26.0 Å². The highest BCUT2D eigenvalue weighted by molar-refractivity contribution is 5.18. The molecule has 5 heteroatoms. The van der Waals surface area contributed by atoms with Crippen molar-refractivity contribution >= 4 is 0 Å². The van der Waals surface area contributed by atoms with Crippen LogP contribution in [0.3, 0.4) is 0 Å². The van der Waals surface area contributed by atoms with Crippen molar-refractivity contribution in [1.82, 2.24) is 14.5 Å². The van der Waals surface area contributed by atoms with Crippen molar-refractivity contribution in [3.8, 4) is 0 Å². The van der Waals surface area contributed by atoms with Crippen LogP contribution in [0.25, 0.3) is 0 Å². The number of hydrogen-bond donors (Lipinski definition) is 1. The molecule has 0 unspecified atom stereocenters. The van der Waals surface area contributed by atoms with Crippen molar-refractivity contribution in [1.29, 1.82) is 0 Å². The smallest absolute Gasteiger partial charge is 0.122 e. The van der Waals surface area contributed by atoms with E-state index in [2.05, 4.69) is 16.0 Å². The summed E-state index contributed by atoms with van der Waals surface area (Å²) in [6, 6.07) is 2.05. The summed E-state index contributed by atoms with van der Waals surface area (Å²) in [5, 5.41) is 9.17. The van der Waals surface area contributed by atoms with Crippen LogP contribution < -0.4 is 0 Å². The van der Waals surface area contributed by atoms with Gasteiger partial charge in [-0.15, -0.1) is 0 Å². The van der Waals surface area contributed by atoms with Gasteiger partial charge in [-0.25, -0.2) is 4.98 Å². The zero-order valence-corrected chi connectivity index (χ0v) is 11.8. The van der Waals surface area contributed by atoms with Crippen molar-refractivity contribution < 1.29 is 9.52 Å². The zero-order chi connectivity index (χ0) is 13.8. The third-order valence-corrected chi connectivity index (χ3v) is 3.30. The van der Waals surface area contributed by atoms with E-state index < -0.39 is 0 Å². The van der Waals surface area contributed by atoms with Gasteiger partial charge in [0.25, 0.3) is 0 Å². The number of nitrogens with zero attached hydrogens (tertiary/aromatic N) is 3. The Hall–Kier alpha value is -1.59. The summed E-state index contributed by atoms with van der Waals surface area (Å²) in [6.45, 7) is 6.12. The third kappa shape index (κ3) is 3.45. The number of aryl methyl sites for hydroxylation is 3. The molecule has 0 spiro atoms. The van der Waals surface area contributed by atoms with E-state index in [1.54, 1.807) is 6.20 Å². The average molecular weight is 263 g/mol. The van der Waals surface area contributed by atoms with E-state index in [0.29, 0.717) is 19.6 Å². The van der Waals surface area contributed by atoms with Crippen molar-refractivity contribution in [3.63, 3.8) is 0 Å². The molecule has 2 rings (SSSR count). The van der Waals surface area contributed by atoms with Gasteiger partial charge < -0.3 is 14.1 Å². The van der Waals surface area contributed by atoms with Crippen LogP contribution in [0.4, 0.5) is 0 Å². The lowest BCUT2D eigenvalue weighted by Crippen LogP contribution is -2.27. The van der Waals surface area contributed by atoms with Gasteiger partial charge >= 0.3 is 0 Å². The molecular formula is C14H21N3O2. The molecule has 2 heterocycles. The highest BCUT2D eigenvalue weighted by Gasteiger charge is 2.12. The molecule has 0 aromatic carbocycles. The van der Waals surface area contributed by atoms with Crippen LogP contribution in [0.5, 0.6) is 0 Å². The van der Waals surface area contributed by atoms with E-state index in [1.807, 2.05) is 31.7 Å². The van der Waals surface area contributed by atoms with Crippen molar-refractivity contribution in [2.45, 2.75) is 26.9 Å². The Balaban J connectivity index is 2.05. The molecule has 0 radical (unpaired) electrons. The van der Waals surface area contributed by atoms with Crippen molar-refractivity contribution in [2.24, 2.45) is 7.05 Å². The van der Waals surface area contributed by atoms with Gasteiger partial charge in [-0.05, 0) is 25.5 Å². The predicted molar refractivity (Wildman–Crippen MR) is 72.6 cm³/mol. The van der Waals surface area contributed by atoms with Crippen LogP contribution in [-0.2, 0) is 20.1 Å². The highest BCUT2D eigenvalue weighted by Crippen LogP contribution is 2.16. The number of aliphatic hydroxyl groups is 1. The van der Waals surface area contributed by atoms with Crippen LogP contribution >= 0.6 is 0 Å². The number of aliphatic hydroxyl groups excluding tert-OH is 1. The lowest BCUT2D eigenvalue weighted by molar-refractivity contribution is 0.170. The van der Waals surface area contributed by atoms with Crippen LogP contribution in [-0.4, -0.2) is 32.7 Å². The standard InChI is InChI=1S/C14H21N3O2/c1-11-8-13(19-12(11)2)9-17(6-7-18)10-14-15-4-5-16(14)3/h4-5,8,18H,6-7,9-10H2,1-3H3. The lowest BCUT2D eigenvalue weighted by Gasteiger charge is -2.19. The number of imidazole rings is 1. The van der Waals surface area contributed by atoms with E-state index in [4.69, 9.17) is 4.42 Å². The minimum absolute atomic E-state index is 0.128. The molecule has 19 heavy (non-hydrogen) atoms. The van der Waals surface area contributed by atoms with Crippen molar-refractivity contribution in [2.75, 3.05) is 13.2 Å². The molecule has 0 aliphatic rings. The first-order chi connectivity index (χ1) is 9.10. The molecule has 0 aliphatic carbocycles. The maximum atomic E-state index is 9.17. The van der Waals surface area contributed by atoms with E-state index in [1.165, 1.54) is 0 Å². The van der Waals surface area contributed by atoms with Gasteiger partial charge in [-0.3, -0.25) is 4.90 Å². The minimum Gasteiger partial charge on any atom is -0.465 e. The Morgan fingerprint density at radius 1 is 1.37 bits per heavy atom. The second-order valence-corrected chi connectivity index (χ2v) is 4.84. The van der Waals surface area contributed by atoms with Crippen LogP contribution in [0.1, 0.15) is 22.9 Å². The molecule has 0 aliphatic heterocycles. The lowest BCUT2D eigenvalue weighted by atomic mass is 10.3. The maximum absolute atomic E-state index is 9.17. The number of aromatic nitrogens is 2. The van der Waals surface area contributed by atoms with Crippen molar-refractivity contribution in [3.05, 3.63) is 41.4 Å². The molecule has 0 atom stereocenters. The number of hydrogen-bond acceptors (Lipinski definition) is 4. The summed E-state index contributed by atoms with van der Waals surface area (Å²) in [6.07, 6.45) is 3.71. The molecule has 0 saturated carbocycles. The zero-order valence-electron chi connectivity index (χ0n) is 11.8. The Morgan fingerprint density at radius 2 is 2.16 bits per heavy atom. The fourth-order valence-electron chi connectivity index (χ4n) is 2.05. The summed E-state index contributed by atoms with van der Waals surface area (Å²) in [7, 11) is 1.97. The fraction of sp³-hybridized carbons (Fsp3) is 0.500. The topological polar surface area (TPSA) is 54.4 Å².